The van der Waals surface area contributed by atoms with Gasteiger partial charge in [-0.25, -0.2) is 4.79 Å². The first-order valence-corrected chi connectivity index (χ1v) is 11.5. The SMILES string of the molecule is CCC[C@H]1[C@@H]2CN3C(=O)c4ccccc4[C@@H]3[C@@H](C2=O)[C@@H](C)N1C(=O)OCc1ccccc1. The first-order chi connectivity index (χ1) is 15.5. The molecule has 2 bridgehead atoms. The van der Waals surface area contributed by atoms with Gasteiger partial charge in [0.2, 0.25) is 0 Å². The van der Waals surface area contributed by atoms with E-state index in [2.05, 4.69) is 6.92 Å². The average Bonchev–Trinajstić information content (AvgIpc) is 3.08. The molecule has 3 aliphatic heterocycles. The van der Waals surface area contributed by atoms with E-state index in [9.17, 15) is 14.4 Å². The molecule has 3 heterocycles. The molecule has 2 fully saturated rings. The van der Waals surface area contributed by atoms with Crippen molar-refractivity contribution in [2.45, 2.75) is 51.4 Å². The van der Waals surface area contributed by atoms with Crippen LogP contribution in [-0.2, 0) is 16.1 Å². The highest BCUT2D eigenvalue weighted by atomic mass is 16.6. The van der Waals surface area contributed by atoms with Crippen LogP contribution in [0.5, 0.6) is 0 Å². The van der Waals surface area contributed by atoms with Crippen LogP contribution in [-0.4, -0.2) is 46.2 Å². The van der Waals surface area contributed by atoms with E-state index < -0.39 is 5.92 Å². The van der Waals surface area contributed by atoms with Gasteiger partial charge in [-0.15, -0.1) is 0 Å². The molecule has 166 valence electrons. The van der Waals surface area contributed by atoms with Crippen LogP contribution in [0.1, 0.15) is 54.2 Å². The molecule has 5 atom stereocenters. The average molecular weight is 433 g/mol. The number of fused-ring (bicyclic) bond motifs is 6. The van der Waals surface area contributed by atoms with Gasteiger partial charge in [0.25, 0.3) is 5.91 Å². The van der Waals surface area contributed by atoms with Crippen LogP contribution >= 0.6 is 0 Å². The Balaban J connectivity index is 1.47. The van der Waals surface area contributed by atoms with Gasteiger partial charge in [-0.2, -0.15) is 0 Å². The van der Waals surface area contributed by atoms with Crippen molar-refractivity contribution in [2.75, 3.05) is 6.54 Å². The van der Waals surface area contributed by atoms with Gasteiger partial charge < -0.3 is 14.5 Å². The number of ketones is 1. The first-order valence-electron chi connectivity index (χ1n) is 11.5. The number of nitrogens with zero attached hydrogens (tertiary/aromatic N) is 2. The zero-order valence-electron chi connectivity index (χ0n) is 18.4. The molecule has 5 rings (SSSR count). The molecule has 32 heavy (non-hydrogen) atoms. The van der Waals surface area contributed by atoms with Gasteiger partial charge in [0.1, 0.15) is 12.4 Å². The number of hydrogen-bond acceptors (Lipinski definition) is 4. The number of ether oxygens (including phenoxy) is 1. The van der Waals surface area contributed by atoms with E-state index in [-0.39, 0.29) is 48.4 Å². The van der Waals surface area contributed by atoms with Crippen molar-refractivity contribution in [3.05, 3.63) is 71.3 Å². The van der Waals surface area contributed by atoms with Gasteiger partial charge in [-0.05, 0) is 30.5 Å². The molecular weight excluding hydrogens is 404 g/mol. The number of Topliss-reactive ketones (excluding diaryl/α,β-unsaturated/α-hetero) is 1. The van der Waals surface area contributed by atoms with Crippen LogP contribution in [0.4, 0.5) is 4.79 Å². The van der Waals surface area contributed by atoms with Crippen molar-refractivity contribution >= 4 is 17.8 Å². The van der Waals surface area contributed by atoms with Gasteiger partial charge in [0.15, 0.2) is 0 Å². The lowest BCUT2D eigenvalue weighted by molar-refractivity contribution is -0.148. The summed E-state index contributed by atoms with van der Waals surface area (Å²) in [5, 5.41) is 0. The number of benzene rings is 2. The molecule has 2 aromatic carbocycles. The number of amides is 2. The van der Waals surface area contributed by atoms with Crippen LogP contribution < -0.4 is 0 Å². The molecule has 6 nitrogen and oxygen atoms in total. The number of carbonyl (C=O) groups is 3. The summed E-state index contributed by atoms with van der Waals surface area (Å²) >= 11 is 0. The van der Waals surface area contributed by atoms with E-state index in [0.29, 0.717) is 18.5 Å². The number of likely N-dealkylation sites (tertiary alicyclic amines) is 1. The minimum absolute atomic E-state index is 0.00403. The number of piperidine rings is 2. The molecule has 6 heteroatoms. The minimum Gasteiger partial charge on any atom is -0.445 e. The predicted octanol–water partition coefficient (Wildman–Crippen LogP) is 4.21. The molecule has 2 amide bonds. The first kappa shape index (κ1) is 20.7. The zero-order chi connectivity index (χ0) is 22.4. The van der Waals surface area contributed by atoms with Gasteiger partial charge >= 0.3 is 6.09 Å². The fraction of sp³-hybridized carbons (Fsp3) is 0.423. The fourth-order valence-corrected chi connectivity index (χ4v) is 5.90. The molecule has 0 aliphatic carbocycles. The third-order valence-corrected chi connectivity index (χ3v) is 7.31. The van der Waals surface area contributed by atoms with Crippen molar-refractivity contribution in [3.8, 4) is 0 Å². The summed E-state index contributed by atoms with van der Waals surface area (Å²) in [5.74, 6) is -0.655. The molecular formula is C26H28N2O4. The Bertz CT molecular complexity index is 1050. The van der Waals surface area contributed by atoms with Crippen LogP contribution in [0, 0.1) is 11.8 Å². The lowest BCUT2D eigenvalue weighted by Crippen LogP contribution is -2.67. The molecule has 0 N–H and O–H groups in total. The van der Waals surface area contributed by atoms with E-state index >= 15 is 0 Å². The summed E-state index contributed by atoms with van der Waals surface area (Å²) in [6, 6.07) is 16.2. The summed E-state index contributed by atoms with van der Waals surface area (Å²) in [4.78, 5) is 43.7. The quantitative estimate of drug-likeness (QED) is 0.726. The van der Waals surface area contributed by atoms with Gasteiger partial charge in [0, 0.05) is 24.2 Å². The van der Waals surface area contributed by atoms with Gasteiger partial charge in [0.05, 0.1) is 17.9 Å². The second kappa shape index (κ2) is 8.08. The Morgan fingerprint density at radius 2 is 1.78 bits per heavy atom. The lowest BCUT2D eigenvalue weighted by atomic mass is 9.69. The Labute approximate surface area is 188 Å². The van der Waals surface area contributed by atoms with Gasteiger partial charge in [-0.1, -0.05) is 61.9 Å². The van der Waals surface area contributed by atoms with Crippen molar-refractivity contribution in [1.29, 1.82) is 0 Å². The van der Waals surface area contributed by atoms with Crippen LogP contribution in [0.3, 0.4) is 0 Å². The highest BCUT2D eigenvalue weighted by Gasteiger charge is 2.59. The number of hydrogen-bond donors (Lipinski definition) is 0. The molecule has 0 unspecified atom stereocenters. The summed E-state index contributed by atoms with van der Waals surface area (Å²) in [6.07, 6.45) is 1.16. The smallest absolute Gasteiger partial charge is 0.410 e. The normalized spacial score (nSPS) is 28.4. The predicted molar refractivity (Wildman–Crippen MR) is 119 cm³/mol. The highest BCUT2D eigenvalue weighted by Crippen LogP contribution is 2.50. The molecule has 3 aliphatic rings. The molecule has 2 saturated heterocycles. The van der Waals surface area contributed by atoms with E-state index in [1.165, 1.54) is 0 Å². The lowest BCUT2D eigenvalue weighted by Gasteiger charge is -2.54. The molecule has 0 aromatic heterocycles. The van der Waals surface area contributed by atoms with Crippen LogP contribution in [0.2, 0.25) is 0 Å². The largest absolute Gasteiger partial charge is 0.445 e. The van der Waals surface area contributed by atoms with E-state index in [4.69, 9.17) is 4.74 Å². The monoisotopic (exact) mass is 432 g/mol. The fourth-order valence-electron chi connectivity index (χ4n) is 5.90. The summed E-state index contributed by atoms with van der Waals surface area (Å²) in [6.45, 7) is 4.53. The third kappa shape index (κ3) is 3.12. The van der Waals surface area contributed by atoms with Crippen molar-refractivity contribution in [2.24, 2.45) is 11.8 Å². The Kier molecular flexibility index (Phi) is 5.24. The van der Waals surface area contributed by atoms with Crippen molar-refractivity contribution in [3.63, 3.8) is 0 Å². The standard InChI is InChI=1S/C26H28N2O4/c1-3-9-21-20-14-27-23(18-12-7-8-13-19(18)25(27)30)22(24(20)29)16(2)28(21)26(31)32-15-17-10-5-4-6-11-17/h4-8,10-13,16,20-23H,3,9,14-15H2,1-2H3/t16-,20+,21+,22+,23-/m1/s1. The van der Waals surface area contributed by atoms with E-state index in [0.717, 1.165) is 17.5 Å². The topological polar surface area (TPSA) is 66.9 Å². The molecule has 0 saturated carbocycles. The maximum atomic E-state index is 13.6. The second-order valence-corrected chi connectivity index (χ2v) is 9.07. The van der Waals surface area contributed by atoms with Crippen LogP contribution in [0.15, 0.2) is 54.6 Å². The van der Waals surface area contributed by atoms with Crippen molar-refractivity contribution in [1.82, 2.24) is 9.80 Å². The maximum Gasteiger partial charge on any atom is 0.410 e. The molecule has 0 spiro atoms. The van der Waals surface area contributed by atoms with Crippen LogP contribution in [0.25, 0.3) is 0 Å². The second-order valence-electron chi connectivity index (χ2n) is 9.07. The number of rotatable bonds is 4. The summed E-state index contributed by atoms with van der Waals surface area (Å²) in [7, 11) is 0. The Morgan fingerprint density at radius 1 is 1.06 bits per heavy atom. The molecule has 2 aromatic rings. The van der Waals surface area contributed by atoms with Crippen molar-refractivity contribution < 1.29 is 19.1 Å². The molecule has 0 radical (unpaired) electrons. The van der Waals surface area contributed by atoms with Gasteiger partial charge in [-0.3, -0.25) is 9.59 Å². The Morgan fingerprint density at radius 3 is 2.53 bits per heavy atom. The third-order valence-electron chi connectivity index (χ3n) is 7.31. The van der Waals surface area contributed by atoms with E-state index in [1.54, 1.807) is 4.90 Å². The maximum absolute atomic E-state index is 13.6. The highest BCUT2D eigenvalue weighted by molar-refractivity contribution is 6.02. The number of carbonyl (C=O) groups excluding carboxylic acids is 3. The minimum atomic E-state index is -0.446. The summed E-state index contributed by atoms with van der Waals surface area (Å²) < 4.78 is 5.71. The summed E-state index contributed by atoms with van der Waals surface area (Å²) in [5.41, 5.74) is 2.50. The van der Waals surface area contributed by atoms with E-state index in [1.807, 2.05) is 66.4 Å². The zero-order valence-corrected chi connectivity index (χ0v) is 18.4. The Hall–Kier alpha value is -3.15.